The monoisotopic (exact) mass is 304 g/mol. The summed E-state index contributed by atoms with van der Waals surface area (Å²) in [4.78, 5) is 7.06. The van der Waals surface area contributed by atoms with Gasteiger partial charge >= 0.3 is 0 Å². The van der Waals surface area contributed by atoms with Crippen LogP contribution in [-0.4, -0.2) is 21.0 Å². The minimum Gasteiger partial charge on any atom is -0.345 e. The summed E-state index contributed by atoms with van der Waals surface area (Å²) in [7, 11) is 0. The maximum atomic E-state index is 13.2. The van der Waals surface area contributed by atoms with E-state index in [0.29, 0.717) is 16.1 Å². The Morgan fingerprint density at radius 2 is 2.14 bits per heavy atom. The molecule has 5 nitrogen and oxygen atoms in total. The fourth-order valence-corrected chi connectivity index (χ4v) is 2.19. The molecule has 0 radical (unpaired) electrons. The molecule has 2 aromatic carbocycles. The third kappa shape index (κ3) is 2.35. The molecule has 3 rings (SSSR count). The summed E-state index contributed by atoms with van der Waals surface area (Å²) in [5.41, 5.74) is 1.95. The van der Waals surface area contributed by atoms with E-state index in [9.17, 15) is 9.60 Å². The van der Waals surface area contributed by atoms with Gasteiger partial charge in [-0.2, -0.15) is 0 Å². The Balaban J connectivity index is 2.01. The Morgan fingerprint density at radius 3 is 2.90 bits per heavy atom. The van der Waals surface area contributed by atoms with Gasteiger partial charge in [-0.05, 0) is 30.3 Å². The lowest BCUT2D eigenvalue weighted by molar-refractivity contribution is 0.312. The van der Waals surface area contributed by atoms with Gasteiger partial charge in [0.05, 0.1) is 28.1 Å². The van der Waals surface area contributed by atoms with Crippen LogP contribution >= 0.6 is 11.6 Å². The number of fused-ring (bicyclic) bond motifs is 1. The van der Waals surface area contributed by atoms with Crippen molar-refractivity contribution in [2.24, 2.45) is 0 Å². The average molecular weight is 305 g/mol. The van der Waals surface area contributed by atoms with Crippen LogP contribution in [0.2, 0.25) is 5.02 Å². The minimum absolute atomic E-state index is 0.127. The third-order valence-corrected chi connectivity index (χ3v) is 3.35. The molecule has 0 atom stereocenters. The number of aromatic amines is 1. The number of anilines is 1. The number of benzene rings is 2. The molecule has 21 heavy (non-hydrogen) atoms. The molecule has 0 saturated carbocycles. The summed E-state index contributed by atoms with van der Waals surface area (Å²) >= 11 is 5.69. The quantitative estimate of drug-likeness (QED) is 0.385. The van der Waals surface area contributed by atoms with Crippen molar-refractivity contribution in [1.29, 1.82) is 5.41 Å². The topological polar surface area (TPSA) is 76.0 Å². The molecule has 0 fully saturated rings. The fraction of sp³-hybridized carbons (Fsp3) is 0. The first-order chi connectivity index (χ1) is 10.1. The van der Waals surface area contributed by atoms with Crippen molar-refractivity contribution in [1.82, 2.24) is 9.97 Å². The van der Waals surface area contributed by atoms with Gasteiger partial charge in [-0.1, -0.05) is 17.7 Å². The zero-order valence-electron chi connectivity index (χ0n) is 10.6. The Hall–Kier alpha value is -2.44. The molecule has 106 valence electrons. The number of nitrogens with one attached hydrogen (secondary N) is 2. The van der Waals surface area contributed by atoms with E-state index < -0.39 is 5.82 Å². The number of imidazole rings is 1. The van der Waals surface area contributed by atoms with Crippen molar-refractivity contribution in [3.63, 3.8) is 0 Å². The molecule has 3 N–H and O–H groups in total. The minimum atomic E-state index is -0.588. The Morgan fingerprint density at radius 1 is 1.33 bits per heavy atom. The van der Waals surface area contributed by atoms with E-state index in [2.05, 4.69) is 9.97 Å². The number of H-pyrrole nitrogens is 1. The molecule has 0 saturated heterocycles. The van der Waals surface area contributed by atoms with Gasteiger partial charge in [0.25, 0.3) is 0 Å². The van der Waals surface area contributed by atoms with Crippen LogP contribution in [-0.2, 0) is 0 Å². The first-order valence-electron chi connectivity index (χ1n) is 6.03. The zero-order valence-corrected chi connectivity index (χ0v) is 11.4. The lowest BCUT2D eigenvalue weighted by Crippen LogP contribution is -2.27. The number of halogens is 2. The van der Waals surface area contributed by atoms with Gasteiger partial charge in [-0.3, -0.25) is 10.6 Å². The predicted octanol–water partition coefficient (Wildman–Crippen LogP) is 3.58. The van der Waals surface area contributed by atoms with Crippen molar-refractivity contribution in [3.8, 4) is 0 Å². The smallest absolute Gasteiger partial charge is 0.159 e. The molecular weight excluding hydrogens is 295 g/mol. The van der Waals surface area contributed by atoms with Crippen LogP contribution in [0.4, 0.5) is 10.1 Å². The van der Waals surface area contributed by atoms with Crippen molar-refractivity contribution < 1.29 is 9.60 Å². The first-order valence-corrected chi connectivity index (χ1v) is 6.41. The van der Waals surface area contributed by atoms with Crippen LogP contribution in [0.1, 0.15) is 5.56 Å². The summed E-state index contributed by atoms with van der Waals surface area (Å²) in [6.45, 7) is 0. The Labute approximate surface area is 124 Å². The lowest BCUT2D eigenvalue weighted by atomic mass is 10.1. The number of aromatic nitrogens is 2. The first kappa shape index (κ1) is 13.5. The summed E-state index contributed by atoms with van der Waals surface area (Å²) in [5, 5.41) is 18.8. The maximum Gasteiger partial charge on any atom is 0.159 e. The van der Waals surface area contributed by atoms with Crippen molar-refractivity contribution in [3.05, 3.63) is 59.1 Å². The molecule has 1 aromatic heterocycles. The second-order valence-corrected chi connectivity index (χ2v) is 4.77. The highest BCUT2D eigenvalue weighted by Gasteiger charge is 2.16. The van der Waals surface area contributed by atoms with E-state index in [1.165, 1.54) is 18.5 Å². The zero-order chi connectivity index (χ0) is 15.0. The number of hydrogen-bond acceptors (Lipinski definition) is 3. The lowest BCUT2D eigenvalue weighted by Gasteiger charge is -2.18. The number of nitrogens with zero attached hydrogens (tertiary/aromatic N) is 2. The number of hydroxylamine groups is 1. The highest BCUT2D eigenvalue weighted by atomic mass is 35.5. The van der Waals surface area contributed by atoms with Crippen LogP contribution < -0.4 is 5.06 Å². The number of para-hydroxylation sites is 1. The van der Waals surface area contributed by atoms with Crippen LogP contribution in [0.25, 0.3) is 11.0 Å². The molecule has 1 heterocycles. The summed E-state index contributed by atoms with van der Waals surface area (Å²) in [6.07, 6.45) is 1.51. The van der Waals surface area contributed by atoms with Crippen molar-refractivity contribution in [2.75, 3.05) is 5.06 Å². The fourth-order valence-electron chi connectivity index (χ4n) is 2.02. The maximum absolute atomic E-state index is 13.2. The van der Waals surface area contributed by atoms with Gasteiger partial charge in [0.15, 0.2) is 5.84 Å². The average Bonchev–Trinajstić information content (AvgIpc) is 2.97. The molecule has 3 aromatic rings. The molecule has 0 spiro atoms. The number of rotatable bonds is 2. The van der Waals surface area contributed by atoms with Gasteiger partial charge in [0.2, 0.25) is 0 Å². The van der Waals surface area contributed by atoms with E-state index in [1.807, 2.05) is 6.07 Å². The molecule has 0 unspecified atom stereocenters. The standard InChI is InChI=1S/C14H10ClFN4O/c15-10-6-8(4-5-11(10)16)20(21)14(17)9-2-1-3-12-13(9)19-7-18-12/h1-7,17,21H,(H,18,19). The third-order valence-electron chi connectivity index (χ3n) is 3.06. The van der Waals surface area contributed by atoms with Gasteiger partial charge < -0.3 is 4.98 Å². The predicted molar refractivity (Wildman–Crippen MR) is 78.6 cm³/mol. The highest BCUT2D eigenvalue weighted by molar-refractivity contribution is 6.31. The second-order valence-electron chi connectivity index (χ2n) is 4.36. The molecule has 0 amide bonds. The van der Waals surface area contributed by atoms with Crippen LogP contribution in [0.15, 0.2) is 42.7 Å². The summed E-state index contributed by atoms with van der Waals surface area (Å²) < 4.78 is 13.2. The van der Waals surface area contributed by atoms with E-state index in [1.54, 1.807) is 12.1 Å². The van der Waals surface area contributed by atoms with Crippen molar-refractivity contribution >= 4 is 34.2 Å². The molecule has 0 aliphatic rings. The number of hydrogen-bond donors (Lipinski definition) is 3. The van der Waals surface area contributed by atoms with Crippen LogP contribution in [0, 0.1) is 11.2 Å². The van der Waals surface area contributed by atoms with E-state index >= 15 is 0 Å². The molecular formula is C14H10ClFN4O. The molecule has 7 heteroatoms. The molecule has 0 aliphatic heterocycles. The van der Waals surface area contributed by atoms with E-state index in [4.69, 9.17) is 17.0 Å². The van der Waals surface area contributed by atoms with Gasteiger partial charge in [-0.25, -0.2) is 14.4 Å². The van der Waals surface area contributed by atoms with Crippen molar-refractivity contribution in [2.45, 2.75) is 0 Å². The van der Waals surface area contributed by atoms with Crippen LogP contribution in [0.5, 0.6) is 0 Å². The summed E-state index contributed by atoms with van der Waals surface area (Å²) in [6, 6.07) is 8.94. The van der Waals surface area contributed by atoms with Gasteiger partial charge in [-0.15, -0.1) is 0 Å². The van der Waals surface area contributed by atoms with Gasteiger partial charge in [0.1, 0.15) is 5.82 Å². The van der Waals surface area contributed by atoms with Gasteiger partial charge in [0, 0.05) is 5.56 Å². The Kier molecular flexibility index (Phi) is 3.32. The molecule has 0 aliphatic carbocycles. The largest absolute Gasteiger partial charge is 0.345 e. The normalized spacial score (nSPS) is 10.8. The molecule has 0 bridgehead atoms. The highest BCUT2D eigenvalue weighted by Crippen LogP contribution is 2.24. The summed E-state index contributed by atoms with van der Waals surface area (Å²) in [5.74, 6) is -0.773. The second kappa shape index (κ2) is 5.16. The SMILES string of the molecule is N=C(c1cccc2[nH]cnc12)N(O)c1ccc(F)c(Cl)c1. The van der Waals surface area contributed by atoms with E-state index in [0.717, 1.165) is 11.6 Å². The Bertz CT molecular complexity index is 833. The van der Waals surface area contributed by atoms with E-state index in [-0.39, 0.29) is 16.5 Å². The van der Waals surface area contributed by atoms with Crippen LogP contribution in [0.3, 0.4) is 0 Å². The number of amidine groups is 1.